The van der Waals surface area contributed by atoms with Gasteiger partial charge in [-0.3, -0.25) is 0 Å². The highest BCUT2D eigenvalue weighted by Gasteiger charge is 2.21. The van der Waals surface area contributed by atoms with Gasteiger partial charge in [-0.15, -0.1) is 0 Å². The van der Waals surface area contributed by atoms with Crippen molar-refractivity contribution in [3.8, 4) is 5.75 Å². The average Bonchev–Trinajstić information content (AvgIpc) is 2.43. The third-order valence-corrected chi connectivity index (χ3v) is 2.76. The van der Waals surface area contributed by atoms with Gasteiger partial charge in [0.2, 0.25) is 11.6 Å². The topological polar surface area (TPSA) is 34.1 Å². The van der Waals surface area contributed by atoms with E-state index >= 15 is 0 Å². The van der Waals surface area contributed by atoms with Crippen LogP contribution in [0, 0.1) is 23.5 Å². The number of halogens is 5. The maximum Gasteiger partial charge on any atom is 0.253 e. The minimum absolute atomic E-state index is 0.0221. The molecular formula is C12H7ClF4N2O. The van der Waals surface area contributed by atoms with E-state index in [4.69, 9.17) is 16.3 Å². The van der Waals surface area contributed by atoms with Crippen LogP contribution in [-0.4, -0.2) is 12.1 Å². The smallest absolute Gasteiger partial charge is 0.253 e. The Morgan fingerprint density at radius 3 is 2.25 bits per heavy atom. The van der Waals surface area contributed by atoms with Crippen LogP contribution in [0.5, 0.6) is 5.75 Å². The quantitative estimate of drug-likeness (QED) is 0.686. The molecule has 0 spiro atoms. The summed E-state index contributed by atoms with van der Waals surface area (Å²) < 4.78 is 57.8. The molecular weight excluding hydrogens is 300 g/mol. The summed E-state index contributed by atoms with van der Waals surface area (Å²) in [7, 11) is 1.37. The van der Waals surface area contributed by atoms with E-state index in [0.29, 0.717) is 5.75 Å². The summed E-state index contributed by atoms with van der Waals surface area (Å²) >= 11 is 5.82. The Bertz CT molecular complexity index is 640. The highest BCUT2D eigenvalue weighted by atomic mass is 35.5. The summed E-state index contributed by atoms with van der Waals surface area (Å²) in [5.41, 5.74) is -1.00. The van der Waals surface area contributed by atoms with E-state index in [0.717, 1.165) is 0 Å². The molecule has 0 unspecified atom stereocenters. The summed E-state index contributed by atoms with van der Waals surface area (Å²) in [6.07, 6.45) is 0. The van der Waals surface area contributed by atoms with E-state index in [1.165, 1.54) is 25.3 Å². The van der Waals surface area contributed by atoms with Gasteiger partial charge in [0.1, 0.15) is 11.4 Å². The summed E-state index contributed by atoms with van der Waals surface area (Å²) in [6, 6.07) is 4.22. The van der Waals surface area contributed by atoms with Crippen LogP contribution in [0.15, 0.2) is 18.2 Å². The van der Waals surface area contributed by atoms with Gasteiger partial charge in [-0.25, -0.2) is 0 Å². The number of hydrogen-bond donors (Lipinski definition) is 1. The molecule has 0 radical (unpaired) electrons. The van der Waals surface area contributed by atoms with Crippen molar-refractivity contribution in [2.24, 2.45) is 0 Å². The van der Waals surface area contributed by atoms with Crippen LogP contribution in [0.2, 0.25) is 5.02 Å². The fraction of sp³-hybridized carbons (Fsp3) is 0.0833. The molecule has 0 saturated heterocycles. The number of anilines is 2. The monoisotopic (exact) mass is 306 g/mol. The van der Waals surface area contributed by atoms with Crippen molar-refractivity contribution in [2.45, 2.75) is 0 Å². The van der Waals surface area contributed by atoms with Gasteiger partial charge in [0.05, 0.1) is 17.8 Å². The molecule has 1 heterocycles. The van der Waals surface area contributed by atoms with E-state index < -0.39 is 29.2 Å². The molecule has 8 heteroatoms. The molecule has 0 aliphatic heterocycles. The largest absolute Gasteiger partial charge is 0.497 e. The van der Waals surface area contributed by atoms with E-state index in [1.807, 2.05) is 0 Å². The Kier molecular flexibility index (Phi) is 3.99. The molecule has 0 fully saturated rings. The Balaban J connectivity index is 2.50. The van der Waals surface area contributed by atoms with Gasteiger partial charge in [0.25, 0.3) is 11.9 Å². The lowest BCUT2D eigenvalue weighted by Crippen LogP contribution is -2.06. The Labute approximate surface area is 116 Å². The van der Waals surface area contributed by atoms with Crippen molar-refractivity contribution in [1.29, 1.82) is 0 Å². The number of aromatic nitrogens is 1. The first-order valence-electron chi connectivity index (χ1n) is 5.24. The first-order chi connectivity index (χ1) is 9.43. The number of pyridine rings is 1. The fourth-order valence-corrected chi connectivity index (χ4v) is 1.62. The highest BCUT2D eigenvalue weighted by Crippen LogP contribution is 2.32. The van der Waals surface area contributed by atoms with Crippen LogP contribution >= 0.6 is 11.6 Å². The lowest BCUT2D eigenvalue weighted by atomic mass is 10.2. The third kappa shape index (κ3) is 2.62. The lowest BCUT2D eigenvalue weighted by molar-refractivity contribution is 0.411. The molecule has 1 N–H and O–H groups in total. The highest BCUT2D eigenvalue weighted by molar-refractivity contribution is 6.33. The standard InChI is InChI=1S/C12H7ClF4N2O/c1-20-5-2-3-6(13)7(4-5)18-10-8(14)11(16)19-12(17)9(10)15/h2-4H,1H3,(H,18,19). The molecule has 0 aliphatic rings. The second-order valence-electron chi connectivity index (χ2n) is 3.67. The normalized spacial score (nSPS) is 10.5. The molecule has 1 aromatic heterocycles. The second kappa shape index (κ2) is 5.54. The zero-order valence-corrected chi connectivity index (χ0v) is 10.7. The molecule has 3 nitrogen and oxygen atoms in total. The van der Waals surface area contributed by atoms with Crippen LogP contribution in [0.4, 0.5) is 28.9 Å². The van der Waals surface area contributed by atoms with Gasteiger partial charge < -0.3 is 10.1 Å². The van der Waals surface area contributed by atoms with Crippen molar-refractivity contribution in [2.75, 3.05) is 12.4 Å². The molecule has 1 aromatic carbocycles. The van der Waals surface area contributed by atoms with Gasteiger partial charge in [0, 0.05) is 6.07 Å². The molecule has 0 atom stereocenters. The van der Waals surface area contributed by atoms with E-state index in [2.05, 4.69) is 10.3 Å². The van der Waals surface area contributed by atoms with Gasteiger partial charge in [-0.05, 0) is 12.1 Å². The maximum atomic E-state index is 13.5. The number of methoxy groups -OCH3 is 1. The molecule has 0 bridgehead atoms. The third-order valence-electron chi connectivity index (χ3n) is 2.43. The minimum Gasteiger partial charge on any atom is -0.497 e. The Morgan fingerprint density at radius 2 is 1.70 bits per heavy atom. The maximum absolute atomic E-state index is 13.5. The fourth-order valence-electron chi connectivity index (χ4n) is 1.46. The summed E-state index contributed by atoms with van der Waals surface area (Å²) in [6.45, 7) is 0. The predicted octanol–water partition coefficient (Wildman–Crippen LogP) is 4.04. The molecule has 106 valence electrons. The second-order valence-corrected chi connectivity index (χ2v) is 4.07. The van der Waals surface area contributed by atoms with Crippen molar-refractivity contribution < 1.29 is 22.3 Å². The van der Waals surface area contributed by atoms with Crippen LogP contribution in [0.25, 0.3) is 0 Å². The van der Waals surface area contributed by atoms with Crippen LogP contribution in [0.1, 0.15) is 0 Å². The van der Waals surface area contributed by atoms with Gasteiger partial charge in [-0.1, -0.05) is 11.6 Å². The zero-order valence-electron chi connectivity index (χ0n) is 9.98. The number of benzene rings is 1. The first-order valence-corrected chi connectivity index (χ1v) is 5.62. The van der Waals surface area contributed by atoms with Gasteiger partial charge in [0.15, 0.2) is 0 Å². The van der Waals surface area contributed by atoms with Gasteiger partial charge in [-0.2, -0.15) is 22.5 Å². The zero-order chi connectivity index (χ0) is 14.9. The number of hydrogen-bond acceptors (Lipinski definition) is 3. The molecule has 20 heavy (non-hydrogen) atoms. The SMILES string of the molecule is COc1ccc(Cl)c(Nc2c(F)c(F)nc(F)c2F)c1. The average molecular weight is 307 g/mol. The van der Waals surface area contributed by atoms with Gasteiger partial charge >= 0.3 is 0 Å². The van der Waals surface area contributed by atoms with Crippen LogP contribution in [-0.2, 0) is 0 Å². The number of nitrogens with one attached hydrogen (secondary N) is 1. The van der Waals surface area contributed by atoms with Crippen LogP contribution < -0.4 is 10.1 Å². The number of nitrogens with zero attached hydrogens (tertiary/aromatic N) is 1. The van der Waals surface area contributed by atoms with E-state index in [-0.39, 0.29) is 10.7 Å². The Morgan fingerprint density at radius 1 is 1.10 bits per heavy atom. The van der Waals surface area contributed by atoms with Crippen molar-refractivity contribution >= 4 is 23.0 Å². The summed E-state index contributed by atoms with van der Waals surface area (Å²) in [4.78, 5) is 2.45. The van der Waals surface area contributed by atoms with E-state index in [9.17, 15) is 17.6 Å². The lowest BCUT2D eigenvalue weighted by Gasteiger charge is -2.12. The molecule has 0 saturated carbocycles. The first kappa shape index (κ1) is 14.4. The minimum atomic E-state index is -1.76. The number of rotatable bonds is 3. The predicted molar refractivity (Wildman–Crippen MR) is 65.4 cm³/mol. The summed E-state index contributed by atoms with van der Waals surface area (Å²) in [5, 5.41) is 2.27. The molecule has 0 aliphatic carbocycles. The summed E-state index contributed by atoms with van der Waals surface area (Å²) in [5.74, 6) is -6.48. The van der Waals surface area contributed by atoms with Crippen molar-refractivity contribution in [3.63, 3.8) is 0 Å². The van der Waals surface area contributed by atoms with Crippen molar-refractivity contribution in [3.05, 3.63) is 46.8 Å². The molecule has 0 amide bonds. The van der Waals surface area contributed by atoms with Crippen molar-refractivity contribution in [1.82, 2.24) is 4.98 Å². The van der Waals surface area contributed by atoms with Crippen LogP contribution in [0.3, 0.4) is 0 Å². The Hall–Kier alpha value is -2.02. The number of ether oxygens (including phenoxy) is 1. The van der Waals surface area contributed by atoms with E-state index in [1.54, 1.807) is 0 Å². The molecule has 2 aromatic rings. The molecule has 2 rings (SSSR count).